The zero-order valence-corrected chi connectivity index (χ0v) is 11.3. The van der Waals surface area contributed by atoms with Crippen LogP contribution in [0.15, 0.2) is 18.2 Å². The van der Waals surface area contributed by atoms with Gasteiger partial charge in [-0.1, -0.05) is 17.7 Å². The first-order valence-corrected chi connectivity index (χ1v) is 6.70. The Kier molecular flexibility index (Phi) is 4.43. The normalized spacial score (nSPS) is 20.3. The molecule has 1 aromatic carbocycles. The van der Waals surface area contributed by atoms with Crippen molar-refractivity contribution in [1.29, 1.82) is 0 Å². The maximum absolute atomic E-state index is 6.00. The van der Waals surface area contributed by atoms with E-state index < -0.39 is 0 Å². The number of hydrogen-bond donors (Lipinski definition) is 1. The summed E-state index contributed by atoms with van der Waals surface area (Å²) in [4.78, 5) is 0. The number of hydrogen-bond acceptors (Lipinski definition) is 2. The molecule has 3 heteroatoms. The summed E-state index contributed by atoms with van der Waals surface area (Å²) in [6.07, 6.45) is 2.28. The molecule has 1 aromatic rings. The minimum Gasteiger partial charge on any atom is -0.380 e. The molecule has 2 rings (SSSR count). The minimum atomic E-state index is 0.390. The van der Waals surface area contributed by atoms with E-state index in [0.717, 1.165) is 31.1 Å². The summed E-state index contributed by atoms with van der Waals surface area (Å²) in [5.74, 6) is 0. The first-order valence-electron chi connectivity index (χ1n) is 6.32. The number of benzene rings is 1. The molecular weight excluding hydrogens is 234 g/mol. The van der Waals surface area contributed by atoms with E-state index in [-0.39, 0.29) is 0 Å². The average molecular weight is 254 g/mol. The SMILES string of the molecule is CCOCC(C)NC1CCc2cc(Cl)ccc21. The van der Waals surface area contributed by atoms with Gasteiger partial charge >= 0.3 is 0 Å². The van der Waals surface area contributed by atoms with Crippen molar-refractivity contribution in [2.45, 2.75) is 38.8 Å². The summed E-state index contributed by atoms with van der Waals surface area (Å²) < 4.78 is 5.43. The molecule has 17 heavy (non-hydrogen) atoms. The molecular formula is C14H20ClNO. The molecule has 2 atom stereocenters. The zero-order chi connectivity index (χ0) is 12.3. The van der Waals surface area contributed by atoms with Crippen LogP contribution in [0.3, 0.4) is 0 Å². The van der Waals surface area contributed by atoms with Crippen molar-refractivity contribution >= 4 is 11.6 Å². The molecule has 1 aliphatic carbocycles. The molecule has 0 heterocycles. The quantitative estimate of drug-likeness (QED) is 0.869. The third kappa shape index (κ3) is 3.21. The number of aryl methyl sites for hydroxylation is 1. The molecule has 0 saturated carbocycles. The Bertz CT molecular complexity index is 380. The third-order valence-electron chi connectivity index (χ3n) is 3.24. The number of rotatable bonds is 5. The van der Waals surface area contributed by atoms with Crippen LogP contribution in [0.25, 0.3) is 0 Å². The maximum Gasteiger partial charge on any atom is 0.0616 e. The van der Waals surface area contributed by atoms with Crippen LogP contribution >= 0.6 is 11.6 Å². The van der Waals surface area contributed by atoms with E-state index >= 15 is 0 Å². The first kappa shape index (κ1) is 12.9. The summed E-state index contributed by atoms with van der Waals surface area (Å²) >= 11 is 6.00. The van der Waals surface area contributed by atoms with Gasteiger partial charge in [0.05, 0.1) is 6.61 Å². The second-order valence-electron chi connectivity index (χ2n) is 4.66. The zero-order valence-electron chi connectivity index (χ0n) is 10.5. The van der Waals surface area contributed by atoms with Crippen molar-refractivity contribution in [3.63, 3.8) is 0 Å². The Morgan fingerprint density at radius 1 is 1.53 bits per heavy atom. The van der Waals surface area contributed by atoms with Crippen molar-refractivity contribution in [3.05, 3.63) is 34.3 Å². The molecule has 0 saturated heterocycles. The van der Waals surface area contributed by atoms with Crippen LogP contribution in [0, 0.1) is 0 Å². The van der Waals surface area contributed by atoms with Gasteiger partial charge < -0.3 is 10.1 Å². The van der Waals surface area contributed by atoms with Crippen molar-refractivity contribution < 1.29 is 4.74 Å². The fourth-order valence-electron chi connectivity index (χ4n) is 2.45. The number of nitrogens with one attached hydrogen (secondary N) is 1. The van der Waals surface area contributed by atoms with Gasteiger partial charge in [-0.2, -0.15) is 0 Å². The highest BCUT2D eigenvalue weighted by Crippen LogP contribution is 2.33. The molecule has 0 amide bonds. The number of ether oxygens (including phenoxy) is 1. The van der Waals surface area contributed by atoms with Crippen LogP contribution in [-0.4, -0.2) is 19.3 Å². The summed E-state index contributed by atoms with van der Waals surface area (Å²) in [6, 6.07) is 7.06. The molecule has 0 aliphatic heterocycles. The molecule has 0 radical (unpaired) electrons. The standard InChI is InChI=1S/C14H20ClNO/c1-3-17-9-10(2)16-14-7-4-11-8-12(15)5-6-13(11)14/h5-6,8,10,14,16H,3-4,7,9H2,1-2H3. The third-order valence-corrected chi connectivity index (χ3v) is 3.48. The minimum absolute atomic E-state index is 0.390. The van der Waals surface area contributed by atoms with Crippen LogP contribution in [0.5, 0.6) is 0 Å². The lowest BCUT2D eigenvalue weighted by molar-refractivity contribution is 0.123. The average Bonchev–Trinajstić information content (AvgIpc) is 2.69. The fourth-order valence-corrected chi connectivity index (χ4v) is 2.64. The van der Waals surface area contributed by atoms with Crippen molar-refractivity contribution in [2.75, 3.05) is 13.2 Å². The van der Waals surface area contributed by atoms with E-state index in [4.69, 9.17) is 16.3 Å². The van der Waals surface area contributed by atoms with Crippen LogP contribution in [-0.2, 0) is 11.2 Å². The van der Waals surface area contributed by atoms with Gasteiger partial charge in [-0.05, 0) is 49.9 Å². The molecule has 1 aliphatic rings. The molecule has 0 spiro atoms. The van der Waals surface area contributed by atoms with E-state index in [9.17, 15) is 0 Å². The second kappa shape index (κ2) is 5.85. The summed E-state index contributed by atoms with van der Waals surface area (Å²) in [6.45, 7) is 5.75. The highest BCUT2D eigenvalue weighted by Gasteiger charge is 2.23. The predicted molar refractivity (Wildman–Crippen MR) is 71.6 cm³/mol. The lowest BCUT2D eigenvalue weighted by Crippen LogP contribution is -2.33. The van der Waals surface area contributed by atoms with Gasteiger partial charge in [0.2, 0.25) is 0 Å². The Morgan fingerprint density at radius 2 is 2.35 bits per heavy atom. The van der Waals surface area contributed by atoms with Gasteiger partial charge in [0.1, 0.15) is 0 Å². The Balaban J connectivity index is 1.97. The molecule has 94 valence electrons. The summed E-state index contributed by atoms with van der Waals surface area (Å²) in [7, 11) is 0. The monoisotopic (exact) mass is 253 g/mol. The molecule has 0 aromatic heterocycles. The molecule has 2 unspecified atom stereocenters. The van der Waals surface area contributed by atoms with Crippen molar-refractivity contribution in [2.24, 2.45) is 0 Å². The van der Waals surface area contributed by atoms with Crippen LogP contribution in [0.4, 0.5) is 0 Å². The van der Waals surface area contributed by atoms with Gasteiger partial charge in [0, 0.05) is 23.7 Å². The van der Waals surface area contributed by atoms with Crippen molar-refractivity contribution in [3.8, 4) is 0 Å². The second-order valence-corrected chi connectivity index (χ2v) is 5.10. The van der Waals surface area contributed by atoms with Gasteiger partial charge in [-0.25, -0.2) is 0 Å². The molecule has 2 nitrogen and oxygen atoms in total. The lowest BCUT2D eigenvalue weighted by atomic mass is 10.1. The fraction of sp³-hybridized carbons (Fsp3) is 0.571. The first-order chi connectivity index (χ1) is 8.20. The van der Waals surface area contributed by atoms with E-state index in [2.05, 4.69) is 24.4 Å². The lowest BCUT2D eigenvalue weighted by Gasteiger charge is -2.20. The van der Waals surface area contributed by atoms with Crippen LogP contribution in [0.1, 0.15) is 37.4 Å². The molecule has 0 fully saturated rings. The van der Waals surface area contributed by atoms with Gasteiger partial charge in [-0.3, -0.25) is 0 Å². The number of fused-ring (bicyclic) bond motifs is 1. The van der Waals surface area contributed by atoms with Gasteiger partial charge in [-0.15, -0.1) is 0 Å². The van der Waals surface area contributed by atoms with Gasteiger partial charge in [0.15, 0.2) is 0 Å². The smallest absolute Gasteiger partial charge is 0.0616 e. The Morgan fingerprint density at radius 3 is 3.12 bits per heavy atom. The largest absolute Gasteiger partial charge is 0.380 e. The Hall–Kier alpha value is -0.570. The van der Waals surface area contributed by atoms with E-state index in [1.54, 1.807) is 0 Å². The molecule has 0 bridgehead atoms. The van der Waals surface area contributed by atoms with Crippen LogP contribution < -0.4 is 5.32 Å². The number of halogens is 1. The van der Waals surface area contributed by atoms with Gasteiger partial charge in [0.25, 0.3) is 0 Å². The summed E-state index contributed by atoms with van der Waals surface area (Å²) in [5.41, 5.74) is 2.79. The van der Waals surface area contributed by atoms with E-state index in [1.807, 2.05) is 13.0 Å². The predicted octanol–water partition coefficient (Wildman–Crippen LogP) is 3.34. The highest BCUT2D eigenvalue weighted by molar-refractivity contribution is 6.30. The van der Waals surface area contributed by atoms with E-state index in [0.29, 0.717) is 12.1 Å². The van der Waals surface area contributed by atoms with Crippen LogP contribution in [0.2, 0.25) is 5.02 Å². The highest BCUT2D eigenvalue weighted by atomic mass is 35.5. The summed E-state index contributed by atoms with van der Waals surface area (Å²) in [5, 5.41) is 4.46. The van der Waals surface area contributed by atoms with E-state index in [1.165, 1.54) is 11.1 Å². The van der Waals surface area contributed by atoms with Crippen molar-refractivity contribution in [1.82, 2.24) is 5.32 Å². The topological polar surface area (TPSA) is 21.3 Å². The molecule has 1 N–H and O–H groups in total. The Labute approximate surface area is 108 Å². The maximum atomic E-state index is 6.00.